The van der Waals surface area contributed by atoms with Crippen LogP contribution in [-0.4, -0.2) is 22.6 Å². The van der Waals surface area contributed by atoms with E-state index in [-0.39, 0.29) is 16.2 Å². The average Bonchev–Trinajstić information content (AvgIpc) is 2.56. The summed E-state index contributed by atoms with van der Waals surface area (Å²) in [5.41, 5.74) is 2.54. The van der Waals surface area contributed by atoms with E-state index in [2.05, 4.69) is 6.07 Å². The normalized spacial score (nSPS) is 25.1. The number of nitrogens with one attached hydrogen (secondary N) is 1. The van der Waals surface area contributed by atoms with Crippen molar-refractivity contribution in [3.8, 4) is 0 Å². The van der Waals surface area contributed by atoms with Gasteiger partial charge in [-0.1, -0.05) is 6.07 Å². The molecule has 2 aliphatic rings. The maximum atomic E-state index is 12.1. The van der Waals surface area contributed by atoms with Gasteiger partial charge in [0.25, 0.3) is 11.2 Å². The number of hydrogen-bond acceptors (Lipinski definition) is 3. The molecule has 2 bridgehead atoms. The molecule has 3 heterocycles. The van der Waals surface area contributed by atoms with Gasteiger partial charge in [-0.05, 0) is 24.6 Å². The number of benzene rings is 1. The fraction of sp³-hybridized carbons (Fsp3) is 0.389. The van der Waals surface area contributed by atoms with E-state index >= 15 is 0 Å². The van der Waals surface area contributed by atoms with Crippen LogP contribution >= 0.6 is 0 Å². The summed E-state index contributed by atoms with van der Waals surface area (Å²) in [6, 6.07) is 12.5. The molecule has 6 heteroatoms. The Morgan fingerprint density at radius 1 is 1.17 bits per heavy atom. The predicted molar refractivity (Wildman–Crippen MR) is 89.0 cm³/mol. The van der Waals surface area contributed by atoms with Gasteiger partial charge in [0.05, 0.1) is 18.0 Å². The zero-order chi connectivity index (χ0) is 16.7. The van der Waals surface area contributed by atoms with Crippen LogP contribution in [0.4, 0.5) is 5.69 Å². The molecular weight excluding hydrogens is 306 g/mol. The first kappa shape index (κ1) is 15.1. The van der Waals surface area contributed by atoms with Crippen molar-refractivity contribution < 1.29 is 9.82 Å². The van der Waals surface area contributed by atoms with E-state index in [9.17, 15) is 14.9 Å². The minimum absolute atomic E-state index is 0.112. The van der Waals surface area contributed by atoms with E-state index < -0.39 is 0 Å². The van der Waals surface area contributed by atoms with Crippen LogP contribution in [0, 0.1) is 16.0 Å². The molecule has 1 fully saturated rings. The zero-order valence-corrected chi connectivity index (χ0v) is 13.4. The molecule has 1 unspecified atom stereocenters. The quantitative estimate of drug-likeness (QED) is 0.675. The minimum Gasteiger partial charge on any atom is -0.330 e. The predicted octanol–water partition coefficient (Wildman–Crippen LogP) is 0.959. The maximum absolute atomic E-state index is 12.1. The number of nitro benzene ring substituents is 1. The molecule has 1 aromatic carbocycles. The van der Waals surface area contributed by atoms with Crippen molar-refractivity contribution in [3.05, 3.63) is 74.2 Å². The van der Waals surface area contributed by atoms with Crippen LogP contribution in [0.5, 0.6) is 0 Å². The van der Waals surface area contributed by atoms with Gasteiger partial charge < -0.3 is 9.47 Å². The maximum Gasteiger partial charge on any atom is 0.269 e. The van der Waals surface area contributed by atoms with Gasteiger partial charge in [-0.15, -0.1) is 0 Å². The monoisotopic (exact) mass is 326 g/mol. The molecule has 1 N–H and O–H groups in total. The molecule has 1 aromatic heterocycles. The highest BCUT2D eigenvalue weighted by Gasteiger charge is 2.36. The highest BCUT2D eigenvalue weighted by molar-refractivity contribution is 5.32. The third-order valence-electron chi connectivity index (χ3n) is 5.27. The summed E-state index contributed by atoms with van der Waals surface area (Å²) in [5.74, 6) is 0.962. The first-order chi connectivity index (χ1) is 11.6. The lowest BCUT2D eigenvalue weighted by Crippen LogP contribution is -3.13. The smallest absolute Gasteiger partial charge is 0.269 e. The Labute approximate surface area is 139 Å². The summed E-state index contributed by atoms with van der Waals surface area (Å²) >= 11 is 0. The largest absolute Gasteiger partial charge is 0.330 e. The number of hydrogen-bond donors (Lipinski definition) is 1. The van der Waals surface area contributed by atoms with Crippen LogP contribution < -0.4 is 10.5 Å². The summed E-state index contributed by atoms with van der Waals surface area (Å²) in [7, 11) is 0. The number of aromatic nitrogens is 1. The molecule has 6 nitrogen and oxygen atoms in total. The molecule has 0 spiro atoms. The molecule has 3 atom stereocenters. The lowest BCUT2D eigenvalue weighted by Gasteiger charge is -2.40. The number of rotatable bonds is 3. The molecule has 0 aliphatic carbocycles. The van der Waals surface area contributed by atoms with E-state index in [0.717, 1.165) is 38.2 Å². The van der Waals surface area contributed by atoms with Crippen LogP contribution in [0.3, 0.4) is 0 Å². The lowest BCUT2D eigenvalue weighted by molar-refractivity contribution is -0.924. The van der Waals surface area contributed by atoms with E-state index in [1.54, 1.807) is 18.2 Å². The van der Waals surface area contributed by atoms with Crippen LogP contribution in [-0.2, 0) is 13.1 Å². The SMILES string of the molecule is O=c1cccc2n1C[C@@H]1C[C@H]2C[NH+](Cc2ccc([N+](=O)[O-])cc2)C1. The molecule has 0 saturated carbocycles. The van der Waals surface area contributed by atoms with Gasteiger partial charge in [0.15, 0.2) is 0 Å². The standard InChI is InChI=1S/C18H19N3O3/c22-18-3-1-2-17-15-8-14(11-20(17)18)10-19(12-15)9-13-4-6-16(7-5-13)21(23)24/h1-7,14-15H,8-12H2/p+1/t14-,15+/m1/s1. The molecule has 2 aromatic rings. The zero-order valence-electron chi connectivity index (χ0n) is 13.4. The average molecular weight is 326 g/mol. The van der Waals surface area contributed by atoms with Crippen LogP contribution in [0.2, 0.25) is 0 Å². The topological polar surface area (TPSA) is 69.6 Å². The van der Waals surface area contributed by atoms with Gasteiger partial charge in [-0.2, -0.15) is 0 Å². The number of fused-ring (bicyclic) bond motifs is 4. The Kier molecular flexibility index (Phi) is 3.69. The van der Waals surface area contributed by atoms with Gasteiger partial charge in [0.1, 0.15) is 6.54 Å². The van der Waals surface area contributed by atoms with Gasteiger partial charge >= 0.3 is 0 Å². The second kappa shape index (κ2) is 5.87. The molecule has 24 heavy (non-hydrogen) atoms. The summed E-state index contributed by atoms with van der Waals surface area (Å²) in [6.45, 7) is 3.75. The first-order valence-corrected chi connectivity index (χ1v) is 8.37. The molecule has 0 amide bonds. The van der Waals surface area contributed by atoms with Crippen LogP contribution in [0.15, 0.2) is 47.3 Å². The molecule has 4 rings (SSSR count). The van der Waals surface area contributed by atoms with E-state index in [1.807, 2.05) is 22.8 Å². The minimum atomic E-state index is -0.364. The molecule has 0 radical (unpaired) electrons. The van der Waals surface area contributed by atoms with Gasteiger partial charge in [0.2, 0.25) is 0 Å². The van der Waals surface area contributed by atoms with Gasteiger partial charge in [-0.25, -0.2) is 0 Å². The number of quaternary nitrogens is 1. The Bertz CT molecular complexity index is 828. The summed E-state index contributed by atoms with van der Waals surface area (Å²) in [4.78, 5) is 23.9. The van der Waals surface area contributed by atoms with Crippen molar-refractivity contribution in [3.63, 3.8) is 0 Å². The first-order valence-electron chi connectivity index (χ1n) is 8.37. The number of likely N-dealkylation sites (tertiary alicyclic amines) is 1. The Morgan fingerprint density at radius 2 is 1.96 bits per heavy atom. The number of nitro groups is 1. The van der Waals surface area contributed by atoms with Crippen molar-refractivity contribution in [1.29, 1.82) is 0 Å². The van der Waals surface area contributed by atoms with Crippen LogP contribution in [0.25, 0.3) is 0 Å². The fourth-order valence-corrected chi connectivity index (χ4v) is 4.29. The van der Waals surface area contributed by atoms with Crippen LogP contribution in [0.1, 0.15) is 23.6 Å². The Hall–Kier alpha value is -2.47. The fourth-order valence-electron chi connectivity index (χ4n) is 4.29. The van der Waals surface area contributed by atoms with E-state index in [0.29, 0.717) is 11.8 Å². The molecule has 2 aliphatic heterocycles. The number of non-ortho nitro benzene ring substituents is 1. The highest BCUT2D eigenvalue weighted by Crippen LogP contribution is 2.30. The Balaban J connectivity index is 1.52. The van der Waals surface area contributed by atoms with Gasteiger partial charge in [0, 0.05) is 47.8 Å². The lowest BCUT2D eigenvalue weighted by atomic mass is 9.83. The number of pyridine rings is 1. The molecular formula is C18H20N3O3+. The third kappa shape index (κ3) is 2.73. The molecule has 124 valence electrons. The number of piperidine rings is 1. The molecule has 1 saturated heterocycles. The summed E-state index contributed by atoms with van der Waals surface area (Å²) in [5, 5.41) is 10.8. The summed E-state index contributed by atoms with van der Waals surface area (Å²) < 4.78 is 1.95. The Morgan fingerprint density at radius 3 is 2.71 bits per heavy atom. The second-order valence-electron chi connectivity index (χ2n) is 6.96. The second-order valence-corrected chi connectivity index (χ2v) is 6.96. The summed E-state index contributed by atoms with van der Waals surface area (Å²) in [6.07, 6.45) is 1.16. The van der Waals surface area contributed by atoms with E-state index in [1.165, 1.54) is 10.6 Å². The van der Waals surface area contributed by atoms with E-state index in [4.69, 9.17) is 0 Å². The number of nitrogens with zero attached hydrogens (tertiary/aromatic N) is 2. The third-order valence-corrected chi connectivity index (χ3v) is 5.27. The van der Waals surface area contributed by atoms with Crippen molar-refractivity contribution in [2.45, 2.75) is 25.4 Å². The van der Waals surface area contributed by atoms with Gasteiger partial charge in [-0.3, -0.25) is 14.9 Å². The highest BCUT2D eigenvalue weighted by atomic mass is 16.6. The van der Waals surface area contributed by atoms with Crippen molar-refractivity contribution in [2.24, 2.45) is 5.92 Å². The van der Waals surface area contributed by atoms with Crippen molar-refractivity contribution >= 4 is 5.69 Å². The van der Waals surface area contributed by atoms with Crippen molar-refractivity contribution in [1.82, 2.24) is 4.57 Å². The van der Waals surface area contributed by atoms with Crippen molar-refractivity contribution in [2.75, 3.05) is 13.1 Å².